The number of pyridine rings is 1. The van der Waals surface area contributed by atoms with E-state index in [2.05, 4.69) is 9.88 Å². The molecule has 0 saturated carbocycles. The number of anilines is 1. The topological polar surface area (TPSA) is 19.4 Å². The van der Waals surface area contributed by atoms with Crippen molar-refractivity contribution in [1.82, 2.24) is 9.88 Å². The second-order valence-corrected chi connectivity index (χ2v) is 5.42. The Morgan fingerprint density at radius 3 is 2.32 bits per heavy atom. The first-order chi connectivity index (χ1) is 9.01. The van der Waals surface area contributed by atoms with E-state index in [1.165, 1.54) is 4.90 Å². The molecule has 0 radical (unpaired) electrons. The van der Waals surface area contributed by atoms with Gasteiger partial charge in [-0.2, -0.15) is 13.2 Å². The lowest BCUT2D eigenvalue weighted by atomic mass is 10.0. The molecule has 2 atom stereocenters. The molecule has 2 aliphatic heterocycles. The summed E-state index contributed by atoms with van der Waals surface area (Å²) in [6, 6.07) is 5.76. The highest BCUT2D eigenvalue weighted by Crippen LogP contribution is 2.34. The predicted molar refractivity (Wildman–Crippen MR) is 65.9 cm³/mol. The summed E-state index contributed by atoms with van der Waals surface area (Å²) >= 11 is 0. The van der Waals surface area contributed by atoms with Crippen LogP contribution in [-0.2, 0) is 0 Å². The highest BCUT2D eigenvalue weighted by Gasteiger charge is 2.43. The molecule has 1 aromatic heterocycles. The molecule has 2 unspecified atom stereocenters. The molecule has 2 saturated heterocycles. The molecule has 6 heteroatoms. The lowest BCUT2D eigenvalue weighted by Gasteiger charge is -2.22. The van der Waals surface area contributed by atoms with Crippen molar-refractivity contribution in [2.24, 2.45) is 11.8 Å². The van der Waals surface area contributed by atoms with Crippen LogP contribution in [0.15, 0.2) is 24.4 Å². The number of rotatable bonds is 2. The molecule has 3 nitrogen and oxygen atoms in total. The lowest BCUT2D eigenvalue weighted by Crippen LogP contribution is -2.35. The first-order valence-electron chi connectivity index (χ1n) is 6.46. The van der Waals surface area contributed by atoms with Gasteiger partial charge in [-0.3, -0.25) is 4.90 Å². The Morgan fingerprint density at radius 2 is 1.79 bits per heavy atom. The summed E-state index contributed by atoms with van der Waals surface area (Å²) in [4.78, 5) is 8.01. The minimum absolute atomic E-state index is 0.337. The molecule has 104 valence electrons. The fourth-order valence-electron chi connectivity index (χ4n) is 3.20. The van der Waals surface area contributed by atoms with Gasteiger partial charge in [0.2, 0.25) is 0 Å². The summed E-state index contributed by atoms with van der Waals surface area (Å²) in [5.74, 6) is 1.60. The van der Waals surface area contributed by atoms with E-state index in [0.29, 0.717) is 24.9 Å². The van der Waals surface area contributed by atoms with Gasteiger partial charge in [-0.25, -0.2) is 4.98 Å². The van der Waals surface area contributed by atoms with Crippen LogP contribution in [0, 0.1) is 11.8 Å². The van der Waals surface area contributed by atoms with E-state index in [1.54, 1.807) is 6.20 Å². The van der Waals surface area contributed by atoms with Crippen molar-refractivity contribution >= 4 is 5.82 Å². The molecule has 3 heterocycles. The predicted octanol–water partition coefficient (Wildman–Crippen LogP) is 2.01. The van der Waals surface area contributed by atoms with Crippen LogP contribution in [-0.4, -0.2) is 48.8 Å². The van der Waals surface area contributed by atoms with E-state index >= 15 is 0 Å². The molecule has 0 spiro atoms. The SMILES string of the molecule is FC(F)(F)CN1CC2CN(c3ccccn3)CC2C1. The molecule has 1 aromatic rings. The fourth-order valence-corrected chi connectivity index (χ4v) is 3.20. The molecule has 3 rings (SSSR count). The smallest absolute Gasteiger partial charge is 0.356 e. The number of hydrogen-bond acceptors (Lipinski definition) is 3. The number of fused-ring (bicyclic) bond motifs is 1. The average molecular weight is 271 g/mol. The second kappa shape index (κ2) is 4.67. The van der Waals surface area contributed by atoms with Crippen molar-refractivity contribution in [3.8, 4) is 0 Å². The van der Waals surface area contributed by atoms with Crippen LogP contribution < -0.4 is 4.90 Å². The van der Waals surface area contributed by atoms with Gasteiger partial charge in [-0.05, 0) is 24.0 Å². The third-order valence-corrected chi connectivity index (χ3v) is 3.94. The number of alkyl halides is 3. The largest absolute Gasteiger partial charge is 0.401 e. The Bertz CT molecular complexity index is 421. The monoisotopic (exact) mass is 271 g/mol. The van der Waals surface area contributed by atoms with Gasteiger partial charge < -0.3 is 4.90 Å². The normalized spacial score (nSPS) is 27.8. The second-order valence-electron chi connectivity index (χ2n) is 5.42. The van der Waals surface area contributed by atoms with Gasteiger partial charge in [0.05, 0.1) is 6.54 Å². The average Bonchev–Trinajstić information content (AvgIpc) is 2.85. The molecule has 0 amide bonds. The Hall–Kier alpha value is -1.30. The summed E-state index contributed by atoms with van der Waals surface area (Å²) in [6.45, 7) is 1.96. The maximum Gasteiger partial charge on any atom is 0.401 e. The van der Waals surface area contributed by atoms with E-state index in [1.807, 2.05) is 18.2 Å². The molecule has 0 N–H and O–H groups in total. The van der Waals surface area contributed by atoms with Crippen LogP contribution in [0.4, 0.5) is 19.0 Å². The van der Waals surface area contributed by atoms with Gasteiger partial charge in [0.1, 0.15) is 5.82 Å². The Balaban J connectivity index is 1.59. The summed E-state index contributed by atoms with van der Waals surface area (Å²) in [5, 5.41) is 0. The van der Waals surface area contributed by atoms with E-state index in [-0.39, 0.29) is 0 Å². The molecular weight excluding hydrogens is 255 g/mol. The summed E-state index contributed by atoms with van der Waals surface area (Å²) in [5.41, 5.74) is 0. The van der Waals surface area contributed by atoms with Crippen LogP contribution in [0.5, 0.6) is 0 Å². The standard InChI is InChI=1S/C13H16F3N3/c14-13(15,16)9-18-5-10-7-19(8-11(10)6-18)12-3-1-2-4-17-12/h1-4,10-11H,5-9H2. The Labute approximate surface area is 110 Å². The summed E-state index contributed by atoms with van der Waals surface area (Å²) < 4.78 is 37.1. The quantitative estimate of drug-likeness (QED) is 0.820. The van der Waals surface area contributed by atoms with Gasteiger partial charge in [-0.15, -0.1) is 0 Å². The zero-order chi connectivity index (χ0) is 13.5. The lowest BCUT2D eigenvalue weighted by molar-refractivity contribution is -0.144. The van der Waals surface area contributed by atoms with Crippen molar-refractivity contribution < 1.29 is 13.2 Å². The third kappa shape index (κ3) is 2.83. The highest BCUT2D eigenvalue weighted by molar-refractivity contribution is 5.39. The maximum absolute atomic E-state index is 12.4. The van der Waals surface area contributed by atoms with Crippen molar-refractivity contribution in [1.29, 1.82) is 0 Å². The Kier molecular flexibility index (Phi) is 3.12. The molecule has 0 aromatic carbocycles. The molecular formula is C13H16F3N3. The van der Waals surface area contributed by atoms with E-state index in [4.69, 9.17) is 0 Å². The number of hydrogen-bond donors (Lipinski definition) is 0. The molecule has 2 fully saturated rings. The van der Waals surface area contributed by atoms with Gasteiger partial charge in [0, 0.05) is 32.4 Å². The van der Waals surface area contributed by atoms with Gasteiger partial charge in [0.15, 0.2) is 0 Å². The number of halogens is 3. The first-order valence-corrected chi connectivity index (χ1v) is 6.46. The van der Waals surface area contributed by atoms with Crippen LogP contribution in [0.2, 0.25) is 0 Å². The minimum atomic E-state index is -4.08. The number of likely N-dealkylation sites (tertiary alicyclic amines) is 1. The number of aromatic nitrogens is 1. The van der Waals surface area contributed by atoms with Crippen molar-refractivity contribution in [2.45, 2.75) is 6.18 Å². The van der Waals surface area contributed by atoms with Crippen LogP contribution >= 0.6 is 0 Å². The number of nitrogens with zero attached hydrogens (tertiary/aromatic N) is 3. The van der Waals surface area contributed by atoms with Gasteiger partial charge >= 0.3 is 6.18 Å². The van der Waals surface area contributed by atoms with Gasteiger partial charge in [0.25, 0.3) is 0 Å². The third-order valence-electron chi connectivity index (χ3n) is 3.94. The highest BCUT2D eigenvalue weighted by atomic mass is 19.4. The van der Waals surface area contributed by atoms with E-state index < -0.39 is 12.7 Å². The van der Waals surface area contributed by atoms with Gasteiger partial charge in [-0.1, -0.05) is 6.07 Å². The van der Waals surface area contributed by atoms with Crippen molar-refractivity contribution in [3.63, 3.8) is 0 Å². The van der Waals surface area contributed by atoms with Crippen LogP contribution in [0.25, 0.3) is 0 Å². The molecule has 19 heavy (non-hydrogen) atoms. The first kappa shape index (κ1) is 12.7. The summed E-state index contributed by atoms with van der Waals surface area (Å²) in [6.07, 6.45) is -2.33. The summed E-state index contributed by atoms with van der Waals surface area (Å²) in [7, 11) is 0. The minimum Gasteiger partial charge on any atom is -0.356 e. The zero-order valence-corrected chi connectivity index (χ0v) is 10.5. The van der Waals surface area contributed by atoms with Crippen LogP contribution in [0.3, 0.4) is 0 Å². The maximum atomic E-state index is 12.4. The molecule has 0 bridgehead atoms. The molecule has 0 aliphatic carbocycles. The van der Waals surface area contributed by atoms with Crippen molar-refractivity contribution in [3.05, 3.63) is 24.4 Å². The zero-order valence-electron chi connectivity index (χ0n) is 10.5. The van der Waals surface area contributed by atoms with E-state index in [0.717, 1.165) is 18.9 Å². The van der Waals surface area contributed by atoms with Crippen LogP contribution in [0.1, 0.15) is 0 Å². The van der Waals surface area contributed by atoms with Crippen molar-refractivity contribution in [2.75, 3.05) is 37.6 Å². The molecule has 2 aliphatic rings. The van der Waals surface area contributed by atoms with E-state index in [9.17, 15) is 13.2 Å². The Morgan fingerprint density at radius 1 is 1.11 bits per heavy atom. The fraction of sp³-hybridized carbons (Fsp3) is 0.615.